The van der Waals surface area contributed by atoms with Gasteiger partial charge in [0.15, 0.2) is 6.61 Å². The molecule has 0 saturated carbocycles. The molecule has 0 saturated heterocycles. The van der Waals surface area contributed by atoms with Crippen molar-refractivity contribution in [1.29, 1.82) is 0 Å². The molecule has 0 radical (unpaired) electrons. The van der Waals surface area contributed by atoms with E-state index in [1.165, 1.54) is 30.3 Å². The number of furan rings is 1. The van der Waals surface area contributed by atoms with Crippen molar-refractivity contribution < 1.29 is 32.6 Å². The molecule has 0 aliphatic heterocycles. The number of halogens is 1. The molecule has 0 aliphatic carbocycles. The van der Waals surface area contributed by atoms with Crippen LogP contribution in [0.4, 0.5) is 4.39 Å². The zero-order valence-corrected chi connectivity index (χ0v) is 17.6. The van der Waals surface area contributed by atoms with Gasteiger partial charge in [0.25, 0.3) is 0 Å². The van der Waals surface area contributed by atoms with Crippen molar-refractivity contribution in [3.05, 3.63) is 76.8 Å². The molecule has 0 unspecified atom stereocenters. The van der Waals surface area contributed by atoms with Gasteiger partial charge in [-0.3, -0.25) is 4.79 Å². The fourth-order valence-corrected chi connectivity index (χ4v) is 3.14. The molecule has 0 spiro atoms. The van der Waals surface area contributed by atoms with Crippen LogP contribution in [0.5, 0.6) is 5.75 Å². The maximum Gasteiger partial charge on any atom is 0.374 e. The highest BCUT2D eigenvalue weighted by Gasteiger charge is 2.19. The molecule has 3 aromatic rings. The summed E-state index contributed by atoms with van der Waals surface area (Å²) in [4.78, 5) is 24.8. The second-order valence-corrected chi connectivity index (χ2v) is 6.94. The number of carbonyl (C=O) groups excluding carboxylic acids is 2. The molecule has 0 aliphatic rings. The number of nitrogens with zero attached hydrogens (tertiary/aromatic N) is 1. The number of methoxy groups -OCH3 is 1. The van der Waals surface area contributed by atoms with Gasteiger partial charge in [-0.05, 0) is 56.3 Å². The van der Waals surface area contributed by atoms with Crippen molar-refractivity contribution in [2.24, 2.45) is 0 Å². The van der Waals surface area contributed by atoms with Crippen LogP contribution >= 0.6 is 0 Å². The van der Waals surface area contributed by atoms with E-state index in [1.54, 1.807) is 19.2 Å². The third-order valence-electron chi connectivity index (χ3n) is 4.78. The summed E-state index contributed by atoms with van der Waals surface area (Å²) in [6, 6.07) is 10.4. The predicted molar refractivity (Wildman–Crippen MR) is 110 cm³/mol. The fraction of sp³-hybridized carbons (Fsp3) is 0.304. The number of hydrogen-bond donors (Lipinski definition) is 0. The molecule has 164 valence electrons. The van der Waals surface area contributed by atoms with Crippen LogP contribution in [0.25, 0.3) is 0 Å². The van der Waals surface area contributed by atoms with Gasteiger partial charge in [-0.1, -0.05) is 0 Å². The average molecular weight is 429 g/mol. The molecule has 31 heavy (non-hydrogen) atoms. The van der Waals surface area contributed by atoms with Gasteiger partial charge in [0, 0.05) is 30.6 Å². The quantitative estimate of drug-likeness (QED) is 0.357. The van der Waals surface area contributed by atoms with E-state index >= 15 is 0 Å². The van der Waals surface area contributed by atoms with Crippen LogP contribution in [-0.2, 0) is 22.6 Å². The minimum Gasteiger partial charge on any atom is -0.486 e. The smallest absolute Gasteiger partial charge is 0.374 e. The number of esters is 1. The summed E-state index contributed by atoms with van der Waals surface area (Å²) in [5.41, 5.74) is 2.24. The molecule has 2 heterocycles. The van der Waals surface area contributed by atoms with Crippen LogP contribution in [0.15, 0.2) is 46.9 Å². The summed E-state index contributed by atoms with van der Waals surface area (Å²) >= 11 is 0. The Morgan fingerprint density at radius 3 is 2.55 bits per heavy atom. The summed E-state index contributed by atoms with van der Waals surface area (Å²) in [6.45, 7) is 4.59. The third kappa shape index (κ3) is 5.61. The van der Waals surface area contributed by atoms with E-state index < -0.39 is 12.6 Å². The molecular weight excluding hydrogens is 405 g/mol. The Morgan fingerprint density at radius 1 is 1.10 bits per heavy atom. The summed E-state index contributed by atoms with van der Waals surface area (Å²) in [5, 5.41) is 0. The van der Waals surface area contributed by atoms with E-state index in [4.69, 9.17) is 18.6 Å². The van der Waals surface area contributed by atoms with E-state index in [0.717, 1.165) is 11.4 Å². The van der Waals surface area contributed by atoms with E-state index in [1.807, 2.05) is 18.4 Å². The molecule has 3 rings (SSSR count). The first-order valence-electron chi connectivity index (χ1n) is 9.72. The third-order valence-corrected chi connectivity index (χ3v) is 4.78. The fourth-order valence-electron chi connectivity index (χ4n) is 3.14. The molecule has 1 aromatic carbocycles. The number of Topliss-reactive ketones (excluding diaryl/α,β-unsaturated/α-hetero) is 1. The van der Waals surface area contributed by atoms with Crippen LogP contribution in [0, 0.1) is 19.7 Å². The van der Waals surface area contributed by atoms with E-state index in [2.05, 4.69) is 0 Å². The number of aromatic nitrogens is 1. The largest absolute Gasteiger partial charge is 0.486 e. The normalized spacial score (nSPS) is 10.8. The van der Waals surface area contributed by atoms with Gasteiger partial charge in [0.2, 0.25) is 11.5 Å². The number of hydrogen-bond acceptors (Lipinski definition) is 6. The maximum absolute atomic E-state index is 12.9. The van der Waals surface area contributed by atoms with Crippen molar-refractivity contribution in [2.45, 2.75) is 27.0 Å². The van der Waals surface area contributed by atoms with Crippen molar-refractivity contribution in [1.82, 2.24) is 4.57 Å². The Hall–Kier alpha value is -3.39. The molecule has 0 fully saturated rings. The lowest BCUT2D eigenvalue weighted by Gasteiger charge is -2.08. The summed E-state index contributed by atoms with van der Waals surface area (Å²) in [5.74, 6) is -0.566. The Balaban J connectivity index is 1.54. The topological polar surface area (TPSA) is 79.9 Å². The average Bonchev–Trinajstić information content (AvgIpc) is 3.34. The minimum absolute atomic E-state index is 0.0314. The SMILES string of the molecule is COCCn1c(C)cc(C(=O)COC(=O)c2ccc(COc3ccc(F)cc3)o2)c1C. The molecular formula is C23H24FNO6. The van der Waals surface area contributed by atoms with Crippen molar-refractivity contribution in [2.75, 3.05) is 20.3 Å². The van der Waals surface area contributed by atoms with Crippen molar-refractivity contribution in [3.8, 4) is 5.75 Å². The molecule has 0 atom stereocenters. The number of rotatable bonds is 10. The van der Waals surface area contributed by atoms with Gasteiger partial charge in [-0.2, -0.15) is 0 Å². The molecule has 8 heteroatoms. The van der Waals surface area contributed by atoms with Crippen LogP contribution in [-0.4, -0.2) is 36.6 Å². The number of ether oxygens (including phenoxy) is 3. The monoisotopic (exact) mass is 429 g/mol. The van der Waals surface area contributed by atoms with Gasteiger partial charge in [-0.25, -0.2) is 9.18 Å². The summed E-state index contributed by atoms with van der Waals surface area (Å²) < 4.78 is 36.0. The number of aryl methyl sites for hydroxylation is 1. The van der Waals surface area contributed by atoms with Crippen LogP contribution < -0.4 is 4.74 Å². The van der Waals surface area contributed by atoms with Gasteiger partial charge in [0.1, 0.15) is 23.9 Å². The van der Waals surface area contributed by atoms with Crippen molar-refractivity contribution in [3.63, 3.8) is 0 Å². The van der Waals surface area contributed by atoms with Gasteiger partial charge < -0.3 is 23.2 Å². The summed E-state index contributed by atoms with van der Waals surface area (Å²) in [6.07, 6.45) is 0. The lowest BCUT2D eigenvalue weighted by molar-refractivity contribution is 0.0440. The number of carbonyl (C=O) groups is 2. The van der Waals surface area contributed by atoms with E-state index in [0.29, 0.717) is 30.2 Å². The van der Waals surface area contributed by atoms with Crippen LogP contribution in [0.2, 0.25) is 0 Å². The minimum atomic E-state index is -0.741. The summed E-state index contributed by atoms with van der Waals surface area (Å²) in [7, 11) is 1.62. The standard InChI is InChI=1S/C23H24FNO6/c1-15-12-20(16(2)25(15)10-11-28-3)21(26)14-30-23(27)22-9-8-19(31-22)13-29-18-6-4-17(24)5-7-18/h4-9,12H,10-11,13-14H2,1-3H3. The highest BCUT2D eigenvalue weighted by molar-refractivity contribution is 6.00. The lowest BCUT2D eigenvalue weighted by Crippen LogP contribution is -2.15. The molecule has 0 N–H and O–H groups in total. The molecule has 2 aromatic heterocycles. The van der Waals surface area contributed by atoms with Crippen LogP contribution in [0.3, 0.4) is 0 Å². The number of ketones is 1. The molecule has 7 nitrogen and oxygen atoms in total. The Morgan fingerprint density at radius 2 is 1.84 bits per heavy atom. The highest BCUT2D eigenvalue weighted by atomic mass is 19.1. The van der Waals surface area contributed by atoms with Gasteiger partial charge in [0.05, 0.1) is 6.61 Å². The molecule has 0 bridgehead atoms. The van der Waals surface area contributed by atoms with Gasteiger partial charge >= 0.3 is 5.97 Å². The number of benzene rings is 1. The first-order valence-corrected chi connectivity index (χ1v) is 9.72. The molecule has 0 amide bonds. The Kier molecular flexibility index (Phi) is 7.25. The zero-order chi connectivity index (χ0) is 22.4. The lowest BCUT2D eigenvalue weighted by atomic mass is 10.1. The first-order chi connectivity index (χ1) is 14.9. The predicted octanol–water partition coefficient (Wildman–Crippen LogP) is 4.10. The Bertz CT molecular complexity index is 1050. The van der Waals surface area contributed by atoms with Crippen LogP contribution in [0.1, 0.15) is 38.1 Å². The van der Waals surface area contributed by atoms with Crippen molar-refractivity contribution >= 4 is 11.8 Å². The second-order valence-electron chi connectivity index (χ2n) is 6.94. The first kappa shape index (κ1) is 22.3. The Labute approximate surface area is 179 Å². The van der Waals surface area contributed by atoms with Gasteiger partial charge in [-0.15, -0.1) is 0 Å². The second kappa shape index (κ2) is 10.1. The highest BCUT2D eigenvalue weighted by Crippen LogP contribution is 2.18. The van der Waals surface area contributed by atoms with E-state index in [-0.39, 0.29) is 24.0 Å². The zero-order valence-electron chi connectivity index (χ0n) is 17.6. The maximum atomic E-state index is 12.9. The van der Waals surface area contributed by atoms with E-state index in [9.17, 15) is 14.0 Å².